The zero-order chi connectivity index (χ0) is 32.5. The summed E-state index contributed by atoms with van der Waals surface area (Å²) in [6.07, 6.45) is 47.5. The van der Waals surface area contributed by atoms with Crippen LogP contribution in [-0.2, 0) is 12.8 Å². The Kier molecular flexibility index (Phi) is 31.0. The predicted molar refractivity (Wildman–Crippen MR) is 204 cm³/mol. The van der Waals surface area contributed by atoms with E-state index in [0.29, 0.717) is 0 Å². The summed E-state index contributed by atoms with van der Waals surface area (Å²) < 4.78 is 0. The zero-order valence-electron chi connectivity index (χ0n) is 31.0. The molecule has 45 heavy (non-hydrogen) atoms. The highest BCUT2D eigenvalue weighted by molar-refractivity contribution is 5.34. The van der Waals surface area contributed by atoms with Crippen molar-refractivity contribution in [3.8, 4) is 0 Å². The Morgan fingerprint density at radius 2 is 0.667 bits per heavy atom. The van der Waals surface area contributed by atoms with Crippen LogP contribution in [0.2, 0.25) is 0 Å². The summed E-state index contributed by atoms with van der Waals surface area (Å²) in [4.78, 5) is 0. The van der Waals surface area contributed by atoms with E-state index in [9.17, 15) is 0 Å². The van der Waals surface area contributed by atoms with Gasteiger partial charge in [-0.05, 0) is 42.4 Å². The Labute approximate surface area is 284 Å². The van der Waals surface area contributed by atoms with E-state index in [1.165, 1.54) is 223 Å². The van der Waals surface area contributed by atoms with Crippen molar-refractivity contribution < 1.29 is 0 Å². The zero-order valence-corrected chi connectivity index (χ0v) is 31.0. The highest BCUT2D eigenvalue weighted by Gasteiger charge is 2.09. The smallest absolute Gasteiger partial charge is 0.0787 e. The number of hydrogen-bond acceptors (Lipinski definition) is 2. The molecule has 0 aliphatic carbocycles. The number of hydrogen-bond donors (Lipinski definition) is 2. The summed E-state index contributed by atoms with van der Waals surface area (Å²) in [5.74, 6) is 0. The summed E-state index contributed by atoms with van der Waals surface area (Å²) >= 11 is 0. The molecule has 4 N–H and O–H groups in total. The van der Waals surface area contributed by atoms with Gasteiger partial charge in [-0.1, -0.05) is 225 Å². The fourth-order valence-corrected chi connectivity index (χ4v) is 7.10. The summed E-state index contributed by atoms with van der Waals surface area (Å²) in [7, 11) is 0. The molecule has 1 aromatic rings. The molecule has 0 aliphatic rings. The largest absolute Gasteiger partial charge is 0.312 e. The van der Waals surface area contributed by atoms with Gasteiger partial charge in [-0.2, -0.15) is 0 Å². The average Bonchev–Trinajstić information content (AvgIpc) is 3.04. The molecule has 2 heteroatoms. The van der Waals surface area contributed by atoms with E-state index < -0.39 is 0 Å². The molecule has 0 saturated carbocycles. The van der Waals surface area contributed by atoms with Crippen molar-refractivity contribution in [3.63, 3.8) is 0 Å². The van der Waals surface area contributed by atoms with E-state index in [-0.39, 0.29) is 6.17 Å². The van der Waals surface area contributed by atoms with Gasteiger partial charge in [0, 0.05) is 0 Å². The second-order valence-corrected chi connectivity index (χ2v) is 14.7. The molecule has 2 nitrogen and oxygen atoms in total. The van der Waals surface area contributed by atoms with E-state index >= 15 is 0 Å². The first-order chi connectivity index (χ1) is 22.2. The summed E-state index contributed by atoms with van der Waals surface area (Å²) in [6, 6.07) is 6.93. The lowest BCUT2D eigenvalue weighted by Crippen LogP contribution is -2.21. The van der Waals surface area contributed by atoms with Gasteiger partial charge in [-0.15, -0.1) is 0 Å². The first-order valence-electron chi connectivity index (χ1n) is 20.8. The van der Waals surface area contributed by atoms with Crippen LogP contribution < -0.4 is 11.5 Å². The Morgan fingerprint density at radius 3 is 0.978 bits per heavy atom. The minimum Gasteiger partial charge on any atom is -0.312 e. The molecule has 264 valence electrons. The van der Waals surface area contributed by atoms with Crippen LogP contribution in [0.4, 0.5) is 0 Å². The van der Waals surface area contributed by atoms with Crippen molar-refractivity contribution in [2.45, 2.75) is 238 Å². The van der Waals surface area contributed by atoms with Gasteiger partial charge < -0.3 is 11.5 Å². The number of nitrogens with two attached hydrogens (primary N) is 2. The van der Waals surface area contributed by atoms with Crippen LogP contribution in [0.5, 0.6) is 0 Å². The van der Waals surface area contributed by atoms with Gasteiger partial charge in [0.1, 0.15) is 0 Å². The molecule has 0 heterocycles. The Balaban J connectivity index is 2.02. The molecule has 0 atom stereocenters. The topological polar surface area (TPSA) is 52.0 Å². The predicted octanol–water partition coefficient (Wildman–Crippen LogP) is 14.2. The fraction of sp³-hybridized carbons (Fsp3) is 0.860. The minimum atomic E-state index is -0.356. The van der Waals surface area contributed by atoms with Crippen molar-refractivity contribution in [1.29, 1.82) is 0 Å². The van der Waals surface area contributed by atoms with Gasteiger partial charge >= 0.3 is 0 Å². The Morgan fingerprint density at radius 1 is 0.378 bits per heavy atom. The minimum absolute atomic E-state index is 0.356. The van der Waals surface area contributed by atoms with E-state index in [2.05, 4.69) is 32.0 Å². The lowest BCUT2D eigenvalue weighted by Gasteiger charge is -2.15. The maximum absolute atomic E-state index is 6.14. The van der Waals surface area contributed by atoms with Gasteiger partial charge in [-0.25, -0.2) is 0 Å². The Bertz CT molecular complexity index is 727. The third-order valence-corrected chi connectivity index (χ3v) is 10.2. The molecule has 0 radical (unpaired) electrons. The highest BCUT2D eigenvalue weighted by atomic mass is 14.8. The SMILES string of the molecule is CCCCCCCCCCCCCCCCCCc1ccc(C(N)N)c(CCCCCCCCCCCCCCCCCC)c1. The molecular formula is C43H82N2. The molecule has 0 fully saturated rings. The maximum Gasteiger partial charge on any atom is 0.0787 e. The van der Waals surface area contributed by atoms with Crippen molar-refractivity contribution in [3.05, 3.63) is 34.9 Å². The molecule has 0 unspecified atom stereocenters. The standard InChI is InChI=1S/C43H82N2/c1-3-5-7-9-11-13-15-17-19-21-23-25-27-29-31-33-35-40-37-38-42(43(44)45)41(39-40)36-34-32-30-28-26-24-22-20-18-16-14-12-10-8-6-4-2/h37-39,43H,3-36,44-45H2,1-2H3. The van der Waals surface area contributed by atoms with Crippen molar-refractivity contribution >= 4 is 0 Å². The van der Waals surface area contributed by atoms with Crippen LogP contribution in [0.1, 0.15) is 242 Å². The quantitative estimate of drug-likeness (QED) is 0.0581. The number of rotatable bonds is 35. The van der Waals surface area contributed by atoms with Gasteiger partial charge in [0.15, 0.2) is 0 Å². The van der Waals surface area contributed by atoms with E-state index in [0.717, 1.165) is 12.0 Å². The second kappa shape index (κ2) is 33.1. The molecule has 1 aromatic carbocycles. The van der Waals surface area contributed by atoms with Crippen molar-refractivity contribution in [2.75, 3.05) is 0 Å². The van der Waals surface area contributed by atoms with Crippen LogP contribution in [0.15, 0.2) is 18.2 Å². The lowest BCUT2D eigenvalue weighted by atomic mass is 9.94. The first kappa shape index (κ1) is 42.2. The average molecular weight is 627 g/mol. The third-order valence-electron chi connectivity index (χ3n) is 10.2. The van der Waals surface area contributed by atoms with Crippen molar-refractivity contribution in [2.24, 2.45) is 11.5 Å². The lowest BCUT2D eigenvalue weighted by molar-refractivity contribution is 0.529. The van der Waals surface area contributed by atoms with Gasteiger partial charge in [0.05, 0.1) is 6.17 Å². The number of aryl methyl sites for hydroxylation is 2. The van der Waals surface area contributed by atoms with Crippen molar-refractivity contribution in [1.82, 2.24) is 0 Å². The molecule has 0 bridgehead atoms. The third kappa shape index (κ3) is 26.9. The normalized spacial score (nSPS) is 11.7. The van der Waals surface area contributed by atoms with Crippen LogP contribution in [-0.4, -0.2) is 0 Å². The van der Waals surface area contributed by atoms with Gasteiger partial charge in [-0.3, -0.25) is 0 Å². The van der Waals surface area contributed by atoms with Crippen LogP contribution >= 0.6 is 0 Å². The second-order valence-electron chi connectivity index (χ2n) is 14.7. The molecule has 0 aromatic heterocycles. The van der Waals surface area contributed by atoms with Gasteiger partial charge in [0.25, 0.3) is 0 Å². The van der Waals surface area contributed by atoms with Crippen LogP contribution in [0.25, 0.3) is 0 Å². The summed E-state index contributed by atoms with van der Waals surface area (Å²) in [5, 5.41) is 0. The van der Waals surface area contributed by atoms with E-state index in [1.807, 2.05) is 0 Å². The molecule has 0 saturated heterocycles. The molecule has 0 amide bonds. The monoisotopic (exact) mass is 627 g/mol. The van der Waals surface area contributed by atoms with Crippen LogP contribution in [0.3, 0.4) is 0 Å². The number of benzene rings is 1. The van der Waals surface area contributed by atoms with Gasteiger partial charge in [0.2, 0.25) is 0 Å². The van der Waals surface area contributed by atoms with E-state index in [1.54, 1.807) is 0 Å². The molecule has 0 aliphatic heterocycles. The first-order valence-corrected chi connectivity index (χ1v) is 20.8. The Hall–Kier alpha value is -0.860. The highest BCUT2D eigenvalue weighted by Crippen LogP contribution is 2.21. The molecule has 1 rings (SSSR count). The molecule has 0 spiro atoms. The number of unbranched alkanes of at least 4 members (excludes halogenated alkanes) is 30. The summed E-state index contributed by atoms with van der Waals surface area (Å²) in [6.45, 7) is 4.60. The van der Waals surface area contributed by atoms with Crippen LogP contribution in [0, 0.1) is 0 Å². The fourth-order valence-electron chi connectivity index (χ4n) is 7.10. The maximum atomic E-state index is 6.14. The molecular weight excluding hydrogens is 544 g/mol. The summed E-state index contributed by atoms with van der Waals surface area (Å²) in [5.41, 5.74) is 16.3. The van der Waals surface area contributed by atoms with E-state index in [4.69, 9.17) is 11.5 Å².